The van der Waals surface area contributed by atoms with E-state index in [1.54, 1.807) is 35.6 Å². The fraction of sp³-hybridized carbons (Fsp3) is 0. The molecule has 2 heterocycles. The molecule has 0 saturated carbocycles. The van der Waals surface area contributed by atoms with Gasteiger partial charge >= 0.3 is 6.03 Å². The number of anilines is 2. The van der Waals surface area contributed by atoms with Gasteiger partial charge in [-0.1, -0.05) is 11.6 Å². The van der Waals surface area contributed by atoms with Crippen molar-refractivity contribution in [3.63, 3.8) is 0 Å². The van der Waals surface area contributed by atoms with Crippen molar-refractivity contribution in [3.05, 3.63) is 107 Å². The standard InChI is InChI=1S/C25H15ClF2N6O2/c26-17-6-8-19(33-25(36)31-16-4-2-15(27)3-5-16)23(28)22(17)24(35)14-1-7-18-20(11-14)32-21(12-30-18)34-10-9-29-13-34/h1-13H,(H2,31,33,36). The number of urea groups is 1. The summed E-state index contributed by atoms with van der Waals surface area (Å²) in [4.78, 5) is 38.4. The van der Waals surface area contributed by atoms with Crippen LogP contribution in [0.15, 0.2) is 79.5 Å². The van der Waals surface area contributed by atoms with Gasteiger partial charge in [0.1, 0.15) is 12.1 Å². The number of nitrogens with one attached hydrogen (secondary N) is 2. The lowest BCUT2D eigenvalue weighted by Gasteiger charge is -2.12. The molecule has 0 aliphatic rings. The number of nitrogens with zero attached hydrogens (tertiary/aromatic N) is 4. The number of carbonyl (C=O) groups is 2. The number of carbonyl (C=O) groups excluding carboxylic acids is 2. The molecule has 178 valence electrons. The fourth-order valence-electron chi connectivity index (χ4n) is 3.48. The van der Waals surface area contributed by atoms with Crippen LogP contribution in [0.5, 0.6) is 0 Å². The first-order valence-corrected chi connectivity index (χ1v) is 10.9. The predicted molar refractivity (Wildman–Crippen MR) is 131 cm³/mol. The SMILES string of the molecule is O=C(Nc1ccc(F)cc1)Nc1ccc(Cl)c(C(=O)c2ccc3ncc(-n4ccnc4)nc3c2)c1F. The number of hydrogen-bond acceptors (Lipinski definition) is 5. The van der Waals surface area contributed by atoms with Crippen LogP contribution in [0, 0.1) is 11.6 Å². The van der Waals surface area contributed by atoms with Gasteiger partial charge in [-0.15, -0.1) is 0 Å². The van der Waals surface area contributed by atoms with Crippen LogP contribution in [-0.2, 0) is 0 Å². The third kappa shape index (κ3) is 4.62. The molecule has 0 radical (unpaired) electrons. The molecule has 2 aromatic heterocycles. The van der Waals surface area contributed by atoms with Gasteiger partial charge in [-0.3, -0.25) is 14.3 Å². The summed E-state index contributed by atoms with van der Waals surface area (Å²) in [6.45, 7) is 0. The molecule has 0 bridgehead atoms. The van der Waals surface area contributed by atoms with E-state index in [0.29, 0.717) is 22.5 Å². The number of rotatable bonds is 5. The lowest BCUT2D eigenvalue weighted by Crippen LogP contribution is -2.21. The maximum absolute atomic E-state index is 15.3. The van der Waals surface area contributed by atoms with Crippen molar-refractivity contribution >= 4 is 45.8 Å². The molecule has 0 aliphatic heterocycles. The highest BCUT2D eigenvalue weighted by Crippen LogP contribution is 2.29. The Labute approximate surface area is 207 Å². The van der Waals surface area contributed by atoms with Crippen LogP contribution in [0.2, 0.25) is 5.02 Å². The molecule has 0 atom stereocenters. The maximum Gasteiger partial charge on any atom is 0.323 e. The molecular formula is C25H15ClF2N6O2. The van der Waals surface area contributed by atoms with E-state index in [9.17, 15) is 14.0 Å². The van der Waals surface area contributed by atoms with Crippen molar-refractivity contribution in [2.24, 2.45) is 0 Å². The van der Waals surface area contributed by atoms with Crippen LogP contribution in [0.4, 0.5) is 25.0 Å². The van der Waals surface area contributed by atoms with E-state index in [4.69, 9.17) is 11.6 Å². The highest BCUT2D eigenvalue weighted by molar-refractivity contribution is 6.35. The molecule has 0 aliphatic carbocycles. The average molecular weight is 505 g/mol. The maximum atomic E-state index is 15.3. The van der Waals surface area contributed by atoms with Crippen LogP contribution in [-0.4, -0.2) is 31.3 Å². The molecule has 0 fully saturated rings. The van der Waals surface area contributed by atoms with Crippen molar-refractivity contribution in [2.45, 2.75) is 0 Å². The quantitative estimate of drug-likeness (QED) is 0.302. The smallest absolute Gasteiger partial charge is 0.308 e. The van der Waals surface area contributed by atoms with Gasteiger partial charge in [-0.2, -0.15) is 0 Å². The molecule has 2 N–H and O–H groups in total. The number of benzene rings is 3. The van der Waals surface area contributed by atoms with Crippen molar-refractivity contribution in [2.75, 3.05) is 10.6 Å². The van der Waals surface area contributed by atoms with Gasteiger partial charge < -0.3 is 10.6 Å². The summed E-state index contributed by atoms with van der Waals surface area (Å²) in [7, 11) is 0. The van der Waals surface area contributed by atoms with E-state index in [2.05, 4.69) is 25.6 Å². The third-order valence-corrected chi connectivity index (χ3v) is 5.54. The molecular weight excluding hydrogens is 490 g/mol. The number of ketones is 1. The van der Waals surface area contributed by atoms with Crippen molar-refractivity contribution in [1.29, 1.82) is 0 Å². The molecule has 36 heavy (non-hydrogen) atoms. The number of hydrogen-bond donors (Lipinski definition) is 2. The van der Waals surface area contributed by atoms with Crippen molar-refractivity contribution in [1.82, 2.24) is 19.5 Å². The zero-order chi connectivity index (χ0) is 25.2. The molecule has 5 rings (SSSR count). The first-order valence-electron chi connectivity index (χ1n) is 10.5. The van der Waals surface area contributed by atoms with E-state index < -0.39 is 29.0 Å². The molecule has 0 spiro atoms. The lowest BCUT2D eigenvalue weighted by atomic mass is 10.0. The van der Waals surface area contributed by atoms with Crippen LogP contribution in [0.3, 0.4) is 0 Å². The minimum absolute atomic E-state index is 0.125. The predicted octanol–water partition coefficient (Wildman–Crippen LogP) is 5.62. The number of aromatic nitrogens is 4. The van der Waals surface area contributed by atoms with Gasteiger partial charge in [-0.05, 0) is 54.6 Å². The average Bonchev–Trinajstić information content (AvgIpc) is 3.42. The van der Waals surface area contributed by atoms with Crippen LogP contribution in [0.1, 0.15) is 15.9 Å². The molecule has 2 amide bonds. The highest BCUT2D eigenvalue weighted by atomic mass is 35.5. The summed E-state index contributed by atoms with van der Waals surface area (Å²) in [6, 6.07) is 11.4. The number of amides is 2. The first kappa shape index (κ1) is 23.1. The van der Waals surface area contributed by atoms with Gasteiger partial charge in [0.25, 0.3) is 0 Å². The largest absolute Gasteiger partial charge is 0.323 e. The van der Waals surface area contributed by atoms with Gasteiger partial charge in [0.15, 0.2) is 17.4 Å². The van der Waals surface area contributed by atoms with Gasteiger partial charge in [0, 0.05) is 23.6 Å². The Hall–Kier alpha value is -4.70. The molecule has 0 saturated heterocycles. The minimum Gasteiger partial charge on any atom is -0.308 e. The second-order valence-corrected chi connectivity index (χ2v) is 8.01. The molecule has 8 nitrogen and oxygen atoms in total. The Morgan fingerprint density at radius 3 is 2.50 bits per heavy atom. The summed E-state index contributed by atoms with van der Waals surface area (Å²) in [5.74, 6) is -1.67. The number of fused-ring (bicyclic) bond motifs is 1. The minimum atomic E-state index is -1.000. The number of imidazole rings is 1. The van der Waals surface area contributed by atoms with E-state index in [1.807, 2.05) is 0 Å². The van der Waals surface area contributed by atoms with E-state index in [0.717, 1.165) is 0 Å². The Morgan fingerprint density at radius 1 is 0.944 bits per heavy atom. The second-order valence-electron chi connectivity index (χ2n) is 7.60. The molecule has 5 aromatic rings. The van der Waals surface area contributed by atoms with Gasteiger partial charge in [-0.25, -0.2) is 23.5 Å². The Morgan fingerprint density at radius 2 is 1.75 bits per heavy atom. The van der Waals surface area contributed by atoms with Crippen molar-refractivity contribution < 1.29 is 18.4 Å². The zero-order valence-electron chi connectivity index (χ0n) is 18.2. The zero-order valence-corrected chi connectivity index (χ0v) is 19.0. The Bertz CT molecular complexity index is 1610. The number of halogens is 3. The monoisotopic (exact) mass is 504 g/mol. The lowest BCUT2D eigenvalue weighted by molar-refractivity contribution is 0.103. The molecule has 3 aromatic carbocycles. The summed E-state index contributed by atoms with van der Waals surface area (Å²) in [5, 5.41) is 4.67. The summed E-state index contributed by atoms with van der Waals surface area (Å²) in [5.41, 5.74) is 0.714. The van der Waals surface area contributed by atoms with Crippen LogP contribution >= 0.6 is 11.6 Å². The van der Waals surface area contributed by atoms with Crippen molar-refractivity contribution in [3.8, 4) is 5.82 Å². The molecule has 11 heteroatoms. The van der Waals surface area contributed by atoms with Gasteiger partial charge in [0.2, 0.25) is 0 Å². The molecule has 0 unspecified atom stereocenters. The summed E-state index contributed by atoms with van der Waals surface area (Å²) in [6.07, 6.45) is 6.42. The van der Waals surface area contributed by atoms with E-state index in [-0.39, 0.29) is 16.3 Å². The normalized spacial score (nSPS) is 10.9. The fourth-order valence-corrected chi connectivity index (χ4v) is 3.71. The summed E-state index contributed by atoms with van der Waals surface area (Å²) >= 11 is 6.18. The van der Waals surface area contributed by atoms with Crippen LogP contribution < -0.4 is 10.6 Å². The topological polar surface area (TPSA) is 102 Å². The Kier molecular flexibility index (Phi) is 6.09. The third-order valence-electron chi connectivity index (χ3n) is 5.23. The second kappa shape index (κ2) is 9.51. The van der Waals surface area contributed by atoms with Gasteiger partial charge in [0.05, 0.1) is 33.5 Å². The summed E-state index contributed by atoms with van der Waals surface area (Å²) < 4.78 is 30.1. The first-order chi connectivity index (χ1) is 17.4. The van der Waals surface area contributed by atoms with E-state index in [1.165, 1.54) is 48.5 Å². The van der Waals surface area contributed by atoms with E-state index >= 15 is 4.39 Å². The Balaban J connectivity index is 1.43. The highest BCUT2D eigenvalue weighted by Gasteiger charge is 2.22. The van der Waals surface area contributed by atoms with Crippen LogP contribution in [0.25, 0.3) is 16.9 Å².